The summed E-state index contributed by atoms with van der Waals surface area (Å²) in [5, 5.41) is 16.0. The van der Waals surface area contributed by atoms with Crippen molar-refractivity contribution in [2.24, 2.45) is 5.41 Å². The van der Waals surface area contributed by atoms with Gasteiger partial charge >= 0.3 is 12.1 Å². The van der Waals surface area contributed by atoms with E-state index in [1.54, 1.807) is 52.6 Å². The van der Waals surface area contributed by atoms with Gasteiger partial charge in [-0.3, -0.25) is 10.3 Å². The van der Waals surface area contributed by atoms with E-state index in [0.29, 0.717) is 0 Å². The molecule has 0 aliphatic carbocycles. The fourth-order valence-corrected chi connectivity index (χ4v) is 6.07. The van der Waals surface area contributed by atoms with Gasteiger partial charge in [-0.1, -0.05) is 39.0 Å². The maximum atomic E-state index is 14.0. The first kappa shape index (κ1) is 33.2. The van der Waals surface area contributed by atoms with Crippen molar-refractivity contribution < 1.29 is 27.9 Å². The Kier molecular flexibility index (Phi) is 9.68. The maximum Gasteiger partial charge on any atom is 0.416 e. The van der Waals surface area contributed by atoms with E-state index in [9.17, 15) is 23.1 Å². The predicted octanol–water partition coefficient (Wildman–Crippen LogP) is 4.56. The SMILES string of the molecule is CC(C)(C)OC(=O)N(c1cccc(C(NCc2ccc(-n3cncn3)cc2)S(=O)(=O)c2cccnc2)n1)C(C(=O)O)C(C)(C)C. The number of ether oxygens (including phenoxy) is 1. The lowest BCUT2D eigenvalue weighted by Crippen LogP contribution is -2.54. The normalized spacial score (nSPS) is 13.6. The molecule has 0 bridgehead atoms. The number of sulfone groups is 1. The third-order valence-corrected chi connectivity index (χ3v) is 8.49. The first-order valence-corrected chi connectivity index (χ1v) is 15.7. The average molecular weight is 636 g/mol. The van der Waals surface area contributed by atoms with Crippen LogP contribution in [0.3, 0.4) is 0 Å². The van der Waals surface area contributed by atoms with Crippen LogP contribution >= 0.6 is 0 Å². The smallest absolute Gasteiger partial charge is 0.416 e. The van der Waals surface area contributed by atoms with E-state index < -0.39 is 44.3 Å². The summed E-state index contributed by atoms with van der Waals surface area (Å²) in [5.41, 5.74) is -0.291. The summed E-state index contributed by atoms with van der Waals surface area (Å²) in [5.74, 6) is -1.35. The van der Waals surface area contributed by atoms with Gasteiger partial charge in [0.05, 0.1) is 16.3 Å². The molecular formula is C31H37N7O6S. The van der Waals surface area contributed by atoms with Crippen LogP contribution in [-0.4, -0.2) is 62.0 Å². The number of carboxylic acids is 1. The summed E-state index contributed by atoms with van der Waals surface area (Å²) < 4.78 is 35.2. The third kappa shape index (κ3) is 8.08. The van der Waals surface area contributed by atoms with Gasteiger partial charge in [-0.05, 0) is 68.1 Å². The first-order valence-electron chi connectivity index (χ1n) is 14.1. The maximum absolute atomic E-state index is 14.0. The summed E-state index contributed by atoms with van der Waals surface area (Å²) in [6.07, 6.45) is 4.77. The molecule has 2 N–H and O–H groups in total. The quantitative estimate of drug-likeness (QED) is 0.250. The second-order valence-electron chi connectivity index (χ2n) is 12.4. The number of amides is 1. The van der Waals surface area contributed by atoms with Gasteiger partial charge in [-0.2, -0.15) is 5.10 Å². The predicted molar refractivity (Wildman–Crippen MR) is 166 cm³/mol. The summed E-state index contributed by atoms with van der Waals surface area (Å²) in [6, 6.07) is 13.3. The van der Waals surface area contributed by atoms with Crippen LogP contribution in [-0.2, 0) is 25.9 Å². The highest BCUT2D eigenvalue weighted by molar-refractivity contribution is 7.91. The molecule has 0 fully saturated rings. The second kappa shape index (κ2) is 13.1. The number of carboxylic acid groups (broad SMARTS) is 1. The molecule has 0 radical (unpaired) electrons. The molecule has 0 spiro atoms. The topological polar surface area (TPSA) is 169 Å². The van der Waals surface area contributed by atoms with Gasteiger partial charge in [0.25, 0.3) is 0 Å². The lowest BCUT2D eigenvalue weighted by molar-refractivity contribution is -0.141. The second-order valence-corrected chi connectivity index (χ2v) is 14.4. The molecule has 4 rings (SSSR count). The Labute approximate surface area is 262 Å². The molecule has 45 heavy (non-hydrogen) atoms. The standard InChI is InChI=1S/C31H37N7O6S/c1-30(2,3)26(28(39)40)38(29(41)44-31(4,5)6)25-11-7-10-24(36-25)27(45(42,43)23-9-8-16-32-18-23)34-17-21-12-14-22(15-13-21)37-20-33-19-35-37/h7-16,18-20,26-27,34H,17H2,1-6H3,(H,39,40). The molecule has 0 saturated heterocycles. The van der Waals surface area contributed by atoms with Crippen molar-refractivity contribution in [2.45, 2.75) is 70.0 Å². The van der Waals surface area contributed by atoms with Crippen molar-refractivity contribution in [3.63, 3.8) is 0 Å². The number of benzene rings is 1. The van der Waals surface area contributed by atoms with Gasteiger partial charge in [0.1, 0.15) is 30.1 Å². The van der Waals surface area contributed by atoms with Crippen LogP contribution in [0, 0.1) is 5.41 Å². The van der Waals surface area contributed by atoms with E-state index in [4.69, 9.17) is 4.74 Å². The molecule has 0 aliphatic heterocycles. The summed E-state index contributed by atoms with van der Waals surface area (Å²) in [7, 11) is -4.13. The minimum Gasteiger partial charge on any atom is -0.480 e. The molecule has 3 heterocycles. The van der Waals surface area contributed by atoms with E-state index in [2.05, 4.69) is 25.4 Å². The van der Waals surface area contributed by atoms with Gasteiger partial charge in [0, 0.05) is 18.9 Å². The number of aliphatic carboxylic acids is 1. The highest BCUT2D eigenvalue weighted by atomic mass is 32.2. The van der Waals surface area contributed by atoms with E-state index in [-0.39, 0.29) is 23.0 Å². The lowest BCUT2D eigenvalue weighted by Gasteiger charge is -2.37. The summed E-state index contributed by atoms with van der Waals surface area (Å²) >= 11 is 0. The van der Waals surface area contributed by atoms with Gasteiger partial charge in [0.2, 0.25) is 9.84 Å². The highest BCUT2D eigenvalue weighted by Gasteiger charge is 2.43. The number of hydrogen-bond donors (Lipinski definition) is 2. The zero-order chi connectivity index (χ0) is 33.0. The minimum atomic E-state index is -4.13. The molecular weight excluding hydrogens is 598 g/mol. The number of nitrogens with zero attached hydrogens (tertiary/aromatic N) is 6. The van der Waals surface area contributed by atoms with Crippen molar-refractivity contribution in [1.82, 2.24) is 30.0 Å². The molecule has 2 atom stereocenters. The third-order valence-electron chi connectivity index (χ3n) is 6.56. The average Bonchev–Trinajstić information content (AvgIpc) is 3.50. The summed E-state index contributed by atoms with van der Waals surface area (Å²) in [4.78, 5) is 39.5. The Morgan fingerprint density at radius 1 is 1.00 bits per heavy atom. The Morgan fingerprint density at radius 3 is 2.27 bits per heavy atom. The first-order chi connectivity index (χ1) is 21.1. The number of pyridine rings is 2. The van der Waals surface area contributed by atoms with Crippen LogP contribution in [0.15, 0.2) is 84.5 Å². The zero-order valence-corrected chi connectivity index (χ0v) is 26.8. The van der Waals surface area contributed by atoms with E-state index >= 15 is 0 Å². The van der Waals surface area contributed by atoms with Crippen molar-refractivity contribution in [3.05, 3.63) is 90.9 Å². The van der Waals surface area contributed by atoms with Crippen molar-refractivity contribution in [2.75, 3.05) is 4.90 Å². The summed E-state index contributed by atoms with van der Waals surface area (Å²) in [6.45, 7) is 10.2. The van der Waals surface area contributed by atoms with E-state index in [1.165, 1.54) is 49.1 Å². The Morgan fingerprint density at radius 2 is 1.71 bits per heavy atom. The van der Waals surface area contributed by atoms with Crippen LogP contribution in [0.5, 0.6) is 0 Å². The molecule has 4 aromatic rings. The molecule has 0 saturated carbocycles. The van der Waals surface area contributed by atoms with Crippen LogP contribution in [0.4, 0.5) is 10.6 Å². The van der Waals surface area contributed by atoms with Crippen LogP contribution in [0.1, 0.15) is 58.2 Å². The van der Waals surface area contributed by atoms with E-state index in [1.807, 2.05) is 24.3 Å². The Balaban J connectivity index is 1.77. The Hall–Kier alpha value is -4.69. The number of aromatic nitrogens is 5. The molecule has 13 nitrogen and oxygen atoms in total. The minimum absolute atomic E-state index is 0.0432. The number of hydrogen-bond acceptors (Lipinski definition) is 10. The zero-order valence-electron chi connectivity index (χ0n) is 25.9. The molecule has 238 valence electrons. The van der Waals surface area contributed by atoms with E-state index in [0.717, 1.165) is 16.2 Å². The highest BCUT2D eigenvalue weighted by Crippen LogP contribution is 2.32. The number of carbonyl (C=O) groups excluding carboxylic acids is 1. The number of rotatable bonds is 10. The molecule has 14 heteroatoms. The van der Waals surface area contributed by atoms with Crippen LogP contribution in [0.2, 0.25) is 0 Å². The number of carbonyl (C=O) groups is 2. The van der Waals surface area contributed by atoms with Crippen LogP contribution in [0.25, 0.3) is 5.69 Å². The van der Waals surface area contributed by atoms with Crippen LogP contribution < -0.4 is 10.2 Å². The van der Waals surface area contributed by atoms with Crippen molar-refractivity contribution in [3.8, 4) is 5.69 Å². The van der Waals surface area contributed by atoms with Gasteiger partial charge in [-0.15, -0.1) is 0 Å². The molecule has 1 aromatic carbocycles. The molecule has 0 aliphatic rings. The van der Waals surface area contributed by atoms with Gasteiger partial charge < -0.3 is 9.84 Å². The van der Waals surface area contributed by atoms with Crippen molar-refractivity contribution in [1.29, 1.82) is 0 Å². The van der Waals surface area contributed by atoms with Crippen molar-refractivity contribution >= 4 is 27.7 Å². The fraction of sp³-hybridized carbons (Fsp3) is 0.355. The Bertz CT molecular complexity index is 1720. The molecule has 1 amide bonds. The van der Waals surface area contributed by atoms with Gasteiger partial charge in [-0.25, -0.2) is 37.6 Å². The molecule has 2 unspecified atom stereocenters. The number of nitrogens with one attached hydrogen (secondary N) is 1. The lowest BCUT2D eigenvalue weighted by atomic mass is 9.85. The monoisotopic (exact) mass is 635 g/mol. The fourth-order valence-electron chi connectivity index (χ4n) is 4.57. The largest absolute Gasteiger partial charge is 0.480 e. The number of anilines is 1. The molecule has 3 aromatic heterocycles. The van der Waals surface area contributed by atoms with Gasteiger partial charge in [0.15, 0.2) is 5.37 Å².